The number of pyridine rings is 1. The van der Waals surface area contributed by atoms with Gasteiger partial charge in [0, 0.05) is 30.9 Å². The highest BCUT2D eigenvalue weighted by Gasteiger charge is 2.43. The van der Waals surface area contributed by atoms with Crippen LogP contribution in [0.2, 0.25) is 0 Å². The predicted molar refractivity (Wildman–Crippen MR) is 100 cm³/mol. The maximum absolute atomic E-state index is 8.36. The molecule has 8 nitrogen and oxygen atoms in total. The van der Waals surface area contributed by atoms with Crippen LogP contribution in [0.5, 0.6) is 5.75 Å². The number of nitrogens with two attached hydrogens (primary N) is 1. The first-order valence-electron chi connectivity index (χ1n) is 9.00. The number of hydrogen-bond donors (Lipinski definition) is 2. The molecule has 0 radical (unpaired) electrons. The summed E-state index contributed by atoms with van der Waals surface area (Å²) in [6.07, 6.45) is 10.2. The van der Waals surface area contributed by atoms with Crippen LogP contribution in [0, 0.1) is 0 Å². The third-order valence-corrected chi connectivity index (χ3v) is 5.33. The van der Waals surface area contributed by atoms with E-state index >= 15 is 0 Å². The SMILES string of the molecule is COc1cncc(CN2CCCC3(CCc4cnc(N)nc43)C2)c1.O=CO. The van der Waals surface area contributed by atoms with Gasteiger partial charge in [-0.15, -0.1) is 0 Å². The van der Waals surface area contributed by atoms with Crippen LogP contribution in [0.15, 0.2) is 24.7 Å². The van der Waals surface area contributed by atoms with Crippen LogP contribution in [0.1, 0.15) is 36.1 Å². The summed E-state index contributed by atoms with van der Waals surface area (Å²) >= 11 is 0. The second-order valence-corrected chi connectivity index (χ2v) is 7.04. The van der Waals surface area contributed by atoms with Crippen molar-refractivity contribution in [3.8, 4) is 5.75 Å². The number of methoxy groups -OCH3 is 1. The topological polar surface area (TPSA) is 114 Å². The van der Waals surface area contributed by atoms with Crippen molar-refractivity contribution in [3.63, 3.8) is 0 Å². The molecule has 8 heteroatoms. The number of aryl methyl sites for hydroxylation is 1. The molecule has 27 heavy (non-hydrogen) atoms. The van der Waals surface area contributed by atoms with E-state index in [9.17, 15) is 0 Å². The van der Waals surface area contributed by atoms with Crippen LogP contribution in [0.3, 0.4) is 0 Å². The first kappa shape index (κ1) is 19.0. The molecule has 1 atom stereocenters. The third kappa shape index (κ3) is 4.16. The van der Waals surface area contributed by atoms with E-state index in [1.807, 2.05) is 12.4 Å². The number of piperidine rings is 1. The summed E-state index contributed by atoms with van der Waals surface area (Å²) in [6, 6.07) is 2.07. The van der Waals surface area contributed by atoms with E-state index in [0.717, 1.165) is 38.2 Å². The maximum Gasteiger partial charge on any atom is 0.290 e. The monoisotopic (exact) mass is 371 g/mol. The molecule has 1 aliphatic carbocycles. The van der Waals surface area contributed by atoms with E-state index < -0.39 is 0 Å². The van der Waals surface area contributed by atoms with Gasteiger partial charge in [0.1, 0.15) is 5.75 Å². The van der Waals surface area contributed by atoms with Crippen LogP contribution >= 0.6 is 0 Å². The van der Waals surface area contributed by atoms with E-state index in [4.69, 9.17) is 20.4 Å². The Labute approximate surface area is 158 Å². The Morgan fingerprint density at radius 2 is 2.19 bits per heavy atom. The zero-order chi connectivity index (χ0) is 19.3. The number of nitrogen functional groups attached to an aromatic ring is 1. The van der Waals surface area contributed by atoms with Crippen LogP contribution in [-0.2, 0) is 23.2 Å². The largest absolute Gasteiger partial charge is 0.495 e. The Morgan fingerprint density at radius 1 is 1.37 bits per heavy atom. The smallest absolute Gasteiger partial charge is 0.290 e. The molecule has 1 spiro atoms. The van der Waals surface area contributed by atoms with Crippen molar-refractivity contribution in [3.05, 3.63) is 41.5 Å². The van der Waals surface area contributed by atoms with Crippen LogP contribution in [0.4, 0.5) is 5.95 Å². The van der Waals surface area contributed by atoms with E-state index in [0.29, 0.717) is 5.95 Å². The lowest BCUT2D eigenvalue weighted by Gasteiger charge is -2.40. The van der Waals surface area contributed by atoms with Crippen molar-refractivity contribution in [2.24, 2.45) is 0 Å². The summed E-state index contributed by atoms with van der Waals surface area (Å²) in [5.74, 6) is 1.20. The van der Waals surface area contributed by atoms with Gasteiger partial charge >= 0.3 is 0 Å². The van der Waals surface area contributed by atoms with Crippen molar-refractivity contribution in [2.45, 2.75) is 37.6 Å². The number of rotatable bonds is 3. The van der Waals surface area contributed by atoms with Gasteiger partial charge in [0.15, 0.2) is 0 Å². The summed E-state index contributed by atoms with van der Waals surface area (Å²) < 4.78 is 5.29. The Morgan fingerprint density at radius 3 is 2.96 bits per heavy atom. The number of carboxylic acid groups (broad SMARTS) is 1. The minimum absolute atomic E-state index is 0.136. The Kier molecular flexibility index (Phi) is 5.85. The fourth-order valence-electron chi connectivity index (χ4n) is 4.23. The maximum atomic E-state index is 8.36. The molecule has 2 aliphatic rings. The van der Waals surface area contributed by atoms with Crippen molar-refractivity contribution in [1.29, 1.82) is 0 Å². The number of fused-ring (bicyclic) bond motifs is 2. The van der Waals surface area contributed by atoms with Crippen molar-refractivity contribution in [1.82, 2.24) is 19.9 Å². The highest BCUT2D eigenvalue weighted by atomic mass is 16.5. The second-order valence-electron chi connectivity index (χ2n) is 7.04. The van der Waals surface area contributed by atoms with E-state index in [2.05, 4.69) is 25.9 Å². The molecule has 1 aliphatic heterocycles. The van der Waals surface area contributed by atoms with Gasteiger partial charge in [-0.3, -0.25) is 14.7 Å². The molecule has 2 aromatic heterocycles. The summed E-state index contributed by atoms with van der Waals surface area (Å²) in [5, 5.41) is 6.89. The lowest BCUT2D eigenvalue weighted by atomic mass is 9.77. The van der Waals surface area contributed by atoms with Crippen molar-refractivity contribution >= 4 is 12.4 Å². The molecule has 0 aromatic carbocycles. The molecule has 0 saturated carbocycles. The van der Waals surface area contributed by atoms with Gasteiger partial charge in [-0.05, 0) is 49.4 Å². The zero-order valence-corrected chi connectivity index (χ0v) is 15.5. The van der Waals surface area contributed by atoms with Gasteiger partial charge in [0.05, 0.1) is 19.0 Å². The minimum Gasteiger partial charge on any atom is -0.495 e. The highest BCUT2D eigenvalue weighted by molar-refractivity contribution is 5.37. The molecule has 144 valence electrons. The summed E-state index contributed by atoms with van der Waals surface area (Å²) in [4.78, 5) is 23.9. The number of carbonyl (C=O) groups is 1. The molecule has 0 amide bonds. The van der Waals surface area contributed by atoms with Crippen LogP contribution in [0.25, 0.3) is 0 Å². The normalized spacial score (nSPS) is 21.2. The van der Waals surface area contributed by atoms with Crippen LogP contribution < -0.4 is 10.5 Å². The molecular formula is C19H25N5O3. The van der Waals surface area contributed by atoms with Crippen molar-refractivity contribution < 1.29 is 14.6 Å². The number of likely N-dealkylation sites (tertiary alicyclic amines) is 1. The molecule has 1 saturated heterocycles. The van der Waals surface area contributed by atoms with Gasteiger partial charge in [0.2, 0.25) is 5.95 Å². The lowest BCUT2D eigenvalue weighted by Crippen LogP contribution is -2.45. The number of ether oxygens (including phenoxy) is 1. The Bertz CT molecular complexity index is 797. The average Bonchev–Trinajstić information content (AvgIpc) is 3.00. The highest BCUT2D eigenvalue weighted by Crippen LogP contribution is 2.44. The van der Waals surface area contributed by atoms with Crippen LogP contribution in [-0.4, -0.2) is 51.6 Å². The fraction of sp³-hybridized carbons (Fsp3) is 0.474. The van der Waals surface area contributed by atoms with Crippen molar-refractivity contribution in [2.75, 3.05) is 25.9 Å². The van der Waals surface area contributed by atoms with Gasteiger partial charge in [-0.25, -0.2) is 9.97 Å². The Balaban J connectivity index is 0.000000659. The summed E-state index contributed by atoms with van der Waals surface area (Å²) in [6.45, 7) is 2.77. The first-order valence-corrected chi connectivity index (χ1v) is 9.00. The minimum atomic E-state index is -0.250. The van der Waals surface area contributed by atoms with E-state index in [-0.39, 0.29) is 11.9 Å². The number of hydrogen-bond acceptors (Lipinski definition) is 7. The quantitative estimate of drug-likeness (QED) is 0.783. The molecule has 3 N–H and O–H groups in total. The Hall–Kier alpha value is -2.74. The molecule has 4 rings (SSSR count). The van der Waals surface area contributed by atoms with Gasteiger partial charge in [-0.2, -0.15) is 0 Å². The number of aromatic nitrogens is 3. The first-order chi connectivity index (χ1) is 13.1. The molecule has 3 heterocycles. The standard InChI is InChI=1S/C18H23N5O.CH2O2/c1-24-15-7-13(8-20-10-15)11-23-6-2-4-18(12-23)5-3-14-9-21-17(19)22-16(14)18;2-1-3/h7-10H,2-6,11-12H2,1H3,(H2,19,21,22);1H,(H,2,3). The molecule has 0 bridgehead atoms. The van der Waals surface area contributed by atoms with Gasteiger partial charge < -0.3 is 15.6 Å². The molecular weight excluding hydrogens is 346 g/mol. The fourth-order valence-corrected chi connectivity index (χ4v) is 4.23. The molecule has 1 unspecified atom stereocenters. The zero-order valence-electron chi connectivity index (χ0n) is 15.5. The third-order valence-electron chi connectivity index (χ3n) is 5.33. The summed E-state index contributed by atoms with van der Waals surface area (Å²) in [5.41, 5.74) is 9.63. The van der Waals surface area contributed by atoms with Gasteiger partial charge in [-0.1, -0.05) is 0 Å². The predicted octanol–water partition coefficient (Wildman–Crippen LogP) is 1.64. The molecule has 2 aromatic rings. The van der Waals surface area contributed by atoms with E-state index in [1.54, 1.807) is 13.3 Å². The lowest BCUT2D eigenvalue weighted by molar-refractivity contribution is -0.122. The second kappa shape index (κ2) is 8.30. The summed E-state index contributed by atoms with van der Waals surface area (Å²) in [7, 11) is 1.68. The van der Waals surface area contributed by atoms with Gasteiger partial charge in [0.25, 0.3) is 6.47 Å². The number of anilines is 1. The van der Waals surface area contributed by atoms with E-state index in [1.165, 1.54) is 29.7 Å². The molecule has 1 fully saturated rings. The average molecular weight is 371 g/mol. The number of nitrogens with zero attached hydrogens (tertiary/aromatic N) is 4.